The third-order valence-electron chi connectivity index (χ3n) is 6.71. The van der Waals surface area contributed by atoms with Crippen molar-refractivity contribution in [1.29, 1.82) is 5.26 Å². The first-order valence-electron chi connectivity index (χ1n) is 12.6. The Hall–Kier alpha value is -5.01. The van der Waals surface area contributed by atoms with Gasteiger partial charge in [0.2, 0.25) is 6.17 Å². The second-order valence-corrected chi connectivity index (χ2v) is 9.30. The first kappa shape index (κ1) is 24.3. The number of ether oxygens (including phenoxy) is 1. The van der Waals surface area contributed by atoms with E-state index in [1.807, 2.05) is 60.7 Å². The highest BCUT2D eigenvalue weighted by atomic mass is 16.5. The maximum Gasteiger partial charge on any atom is 0.317 e. The average Bonchev–Trinajstić information content (AvgIpc) is 3.39. The van der Waals surface area contributed by atoms with Gasteiger partial charge in [-0.1, -0.05) is 53.6 Å². The van der Waals surface area contributed by atoms with Crippen molar-refractivity contribution in [3.05, 3.63) is 89.5 Å². The number of benzene rings is 3. The van der Waals surface area contributed by atoms with Gasteiger partial charge in [0.05, 0.1) is 47.5 Å². The number of morpholine rings is 1. The topological polar surface area (TPSA) is 129 Å². The number of rotatable bonds is 5. The van der Waals surface area contributed by atoms with Gasteiger partial charge in [0, 0.05) is 23.7 Å². The van der Waals surface area contributed by atoms with Gasteiger partial charge in [-0.2, -0.15) is 5.26 Å². The van der Waals surface area contributed by atoms with Crippen LogP contribution in [0.5, 0.6) is 0 Å². The van der Waals surface area contributed by atoms with Crippen LogP contribution in [0, 0.1) is 11.3 Å². The first-order valence-corrected chi connectivity index (χ1v) is 12.6. The number of para-hydroxylation sites is 1. The summed E-state index contributed by atoms with van der Waals surface area (Å²) in [7, 11) is 0. The number of fused-ring (bicyclic) bond motifs is 1. The molecule has 1 amide bonds. The molecule has 39 heavy (non-hydrogen) atoms. The number of carbonyl (C=O) groups excluding carboxylic acids is 1. The van der Waals surface area contributed by atoms with Gasteiger partial charge in [0.15, 0.2) is 0 Å². The Kier molecular flexibility index (Phi) is 6.49. The van der Waals surface area contributed by atoms with Crippen molar-refractivity contribution in [2.45, 2.75) is 19.1 Å². The van der Waals surface area contributed by atoms with Crippen LogP contribution in [0.15, 0.2) is 82.2 Å². The monoisotopic (exact) mass is 519 g/mol. The number of hydrogen-bond donors (Lipinski definition) is 2. The second kappa shape index (κ2) is 10.4. The van der Waals surface area contributed by atoms with Gasteiger partial charge in [0.25, 0.3) is 11.8 Å². The molecule has 1 fully saturated rings. The molecule has 10 nitrogen and oxygen atoms in total. The van der Waals surface area contributed by atoms with Gasteiger partial charge >= 0.3 is 6.01 Å². The van der Waals surface area contributed by atoms with Gasteiger partial charge < -0.3 is 24.7 Å². The van der Waals surface area contributed by atoms with E-state index in [0.29, 0.717) is 42.3 Å². The molecule has 4 aromatic rings. The summed E-state index contributed by atoms with van der Waals surface area (Å²) in [5, 5.41) is 23.8. The van der Waals surface area contributed by atoms with Gasteiger partial charge in [-0.15, -0.1) is 5.10 Å². The van der Waals surface area contributed by atoms with Crippen molar-refractivity contribution in [2.75, 3.05) is 35.3 Å². The van der Waals surface area contributed by atoms with Crippen LogP contribution in [0.25, 0.3) is 11.5 Å². The number of aromatic nitrogens is 2. The average molecular weight is 520 g/mol. The highest BCUT2D eigenvalue weighted by Gasteiger charge is 2.28. The number of benzodiazepines with no additional fused rings is 1. The Bertz CT molecular complexity index is 1590. The van der Waals surface area contributed by atoms with Gasteiger partial charge in [-0.25, -0.2) is 4.99 Å². The maximum atomic E-state index is 13.2. The number of nitriles is 1. The predicted octanol–water partition coefficient (Wildman–Crippen LogP) is 4.06. The molecule has 3 heterocycles. The minimum Gasteiger partial charge on any atom is -0.403 e. The summed E-state index contributed by atoms with van der Waals surface area (Å²) in [6.07, 6.45) is -1.01. The Morgan fingerprint density at radius 1 is 1.05 bits per heavy atom. The minimum absolute atomic E-state index is 0.0533. The molecule has 194 valence electrons. The Morgan fingerprint density at radius 3 is 2.69 bits per heavy atom. The molecule has 0 bridgehead atoms. The SMILES string of the molecule is C[C@@H]1COCCN1c1cc(C#N)ccc1-c1nnc(N[C@H]2N=C(c3ccccc3)c3ccccc3NC2=O)o1. The van der Waals surface area contributed by atoms with Crippen molar-refractivity contribution in [2.24, 2.45) is 4.99 Å². The van der Waals surface area contributed by atoms with E-state index in [0.717, 1.165) is 16.8 Å². The molecule has 6 rings (SSSR count). The summed E-state index contributed by atoms with van der Waals surface area (Å²) in [5.74, 6) is -0.0883. The molecule has 2 atom stereocenters. The van der Waals surface area contributed by atoms with E-state index < -0.39 is 6.17 Å². The van der Waals surface area contributed by atoms with Crippen molar-refractivity contribution in [3.63, 3.8) is 0 Å². The van der Waals surface area contributed by atoms with Crippen LogP contribution in [-0.2, 0) is 9.53 Å². The zero-order valence-electron chi connectivity index (χ0n) is 21.2. The van der Waals surface area contributed by atoms with Crippen molar-refractivity contribution >= 4 is 29.0 Å². The lowest BCUT2D eigenvalue weighted by Crippen LogP contribution is -2.44. The van der Waals surface area contributed by atoms with Crippen LogP contribution >= 0.6 is 0 Å². The Labute approximate surface area is 225 Å². The molecule has 3 aromatic carbocycles. The van der Waals surface area contributed by atoms with Crippen molar-refractivity contribution < 1.29 is 13.9 Å². The highest BCUT2D eigenvalue weighted by Crippen LogP contribution is 2.34. The molecule has 2 aliphatic rings. The fourth-order valence-electron chi connectivity index (χ4n) is 4.79. The van der Waals surface area contributed by atoms with Crippen LogP contribution in [0.2, 0.25) is 0 Å². The van der Waals surface area contributed by atoms with E-state index in [9.17, 15) is 10.1 Å². The molecular weight excluding hydrogens is 494 g/mol. The molecule has 2 N–H and O–H groups in total. The van der Waals surface area contributed by atoms with E-state index in [-0.39, 0.29) is 23.9 Å². The number of anilines is 3. The van der Waals surface area contributed by atoms with E-state index in [2.05, 4.69) is 38.7 Å². The molecule has 0 saturated carbocycles. The lowest BCUT2D eigenvalue weighted by atomic mass is 10.0. The largest absolute Gasteiger partial charge is 0.403 e. The van der Waals surface area contributed by atoms with E-state index >= 15 is 0 Å². The zero-order valence-corrected chi connectivity index (χ0v) is 21.2. The fourth-order valence-corrected chi connectivity index (χ4v) is 4.79. The predicted molar refractivity (Wildman–Crippen MR) is 147 cm³/mol. The van der Waals surface area contributed by atoms with Crippen LogP contribution in [0.4, 0.5) is 17.4 Å². The van der Waals surface area contributed by atoms with Gasteiger partial charge in [-0.05, 0) is 31.2 Å². The third kappa shape index (κ3) is 4.83. The van der Waals surface area contributed by atoms with E-state index in [4.69, 9.17) is 14.1 Å². The summed E-state index contributed by atoms with van der Waals surface area (Å²) in [6.45, 7) is 3.89. The zero-order chi connectivity index (χ0) is 26.8. The van der Waals surface area contributed by atoms with Crippen molar-refractivity contribution in [1.82, 2.24) is 10.2 Å². The molecule has 10 heteroatoms. The molecular formula is C29H25N7O3. The molecule has 0 aliphatic carbocycles. The summed E-state index contributed by atoms with van der Waals surface area (Å²) in [5.41, 5.74) is 5.06. The van der Waals surface area contributed by atoms with Crippen LogP contribution in [0.3, 0.4) is 0 Å². The molecule has 0 unspecified atom stereocenters. The van der Waals surface area contributed by atoms with Crippen LogP contribution < -0.4 is 15.5 Å². The van der Waals surface area contributed by atoms with Gasteiger partial charge in [-0.3, -0.25) is 4.79 Å². The number of nitrogens with one attached hydrogen (secondary N) is 2. The Morgan fingerprint density at radius 2 is 1.87 bits per heavy atom. The fraction of sp³-hybridized carbons (Fsp3) is 0.207. The third-order valence-corrected chi connectivity index (χ3v) is 6.71. The second-order valence-electron chi connectivity index (χ2n) is 9.30. The molecule has 1 aromatic heterocycles. The molecule has 0 radical (unpaired) electrons. The van der Waals surface area contributed by atoms with Crippen LogP contribution in [-0.4, -0.2) is 53.8 Å². The Balaban J connectivity index is 1.34. The standard InChI is InChI=1S/C29H25N7O3/c1-18-17-38-14-13-36(18)24-15-19(16-30)11-12-22(24)28-34-35-29(39-28)33-26-27(37)31-23-10-6-5-9-21(23)25(32-26)20-7-3-2-4-8-20/h2-12,15,18,26H,13-14,17H2,1H3,(H,31,37)(H,33,35)/t18-,26-/m1/s1. The van der Waals surface area contributed by atoms with E-state index in [1.54, 1.807) is 12.1 Å². The minimum atomic E-state index is -1.01. The maximum absolute atomic E-state index is 13.2. The normalized spacial score (nSPS) is 18.8. The molecule has 2 aliphatic heterocycles. The number of nitrogens with zero attached hydrogens (tertiary/aromatic N) is 5. The summed E-state index contributed by atoms with van der Waals surface area (Å²) >= 11 is 0. The first-order chi connectivity index (χ1) is 19.1. The number of aliphatic imine (C=N–C) groups is 1. The van der Waals surface area contributed by atoms with Gasteiger partial charge in [0.1, 0.15) is 0 Å². The summed E-state index contributed by atoms with van der Waals surface area (Å²) in [4.78, 5) is 20.1. The molecule has 1 saturated heterocycles. The summed E-state index contributed by atoms with van der Waals surface area (Å²) in [6, 6.07) is 24.9. The number of amides is 1. The quantitative estimate of drug-likeness (QED) is 0.404. The van der Waals surface area contributed by atoms with E-state index in [1.165, 1.54) is 0 Å². The smallest absolute Gasteiger partial charge is 0.317 e. The van der Waals surface area contributed by atoms with Crippen LogP contribution in [0.1, 0.15) is 23.6 Å². The highest BCUT2D eigenvalue weighted by molar-refractivity contribution is 6.19. The lowest BCUT2D eigenvalue weighted by Gasteiger charge is -2.36. The number of hydrogen-bond acceptors (Lipinski definition) is 9. The van der Waals surface area contributed by atoms with Crippen molar-refractivity contribution in [3.8, 4) is 17.5 Å². The summed E-state index contributed by atoms with van der Waals surface area (Å²) < 4.78 is 11.6. The molecule has 0 spiro atoms. The number of carbonyl (C=O) groups is 1. The lowest BCUT2D eigenvalue weighted by molar-refractivity contribution is -0.116.